The average Bonchev–Trinajstić information content (AvgIpc) is 3.05. The topological polar surface area (TPSA) is 45.2 Å². The van der Waals surface area contributed by atoms with Crippen LogP contribution in [0.5, 0.6) is 0 Å². The van der Waals surface area contributed by atoms with Crippen molar-refractivity contribution < 1.29 is 9.18 Å². The van der Waals surface area contributed by atoms with Crippen LogP contribution in [0.3, 0.4) is 0 Å². The van der Waals surface area contributed by atoms with E-state index in [0.29, 0.717) is 19.4 Å². The third-order valence-electron chi connectivity index (χ3n) is 4.21. The Labute approximate surface area is 145 Å². The monoisotopic (exact) mass is 347 g/mol. The Kier molecular flexibility index (Phi) is 5.30. The summed E-state index contributed by atoms with van der Waals surface area (Å²) in [5.41, 5.74) is 1.90. The highest BCUT2D eigenvalue weighted by atomic mass is 35.5. The summed E-state index contributed by atoms with van der Waals surface area (Å²) in [5, 5.41) is 3.18. The van der Waals surface area contributed by atoms with E-state index in [1.165, 1.54) is 6.07 Å². The van der Waals surface area contributed by atoms with E-state index in [4.69, 9.17) is 11.6 Å². The summed E-state index contributed by atoms with van der Waals surface area (Å²) >= 11 is 5.72. The first-order valence-corrected chi connectivity index (χ1v) is 8.38. The molecule has 1 N–H and O–H groups in total. The lowest BCUT2D eigenvalue weighted by atomic mass is 10.1. The van der Waals surface area contributed by atoms with Gasteiger partial charge in [0.1, 0.15) is 5.82 Å². The highest BCUT2D eigenvalue weighted by Gasteiger charge is 2.24. The van der Waals surface area contributed by atoms with Gasteiger partial charge in [-0.3, -0.25) is 9.78 Å². The third kappa shape index (κ3) is 4.23. The minimum absolute atomic E-state index is 0.0425. The molecule has 2 heterocycles. The van der Waals surface area contributed by atoms with Gasteiger partial charge in [0.15, 0.2) is 0 Å². The van der Waals surface area contributed by atoms with Crippen molar-refractivity contribution in [3.05, 3.63) is 59.1 Å². The van der Waals surface area contributed by atoms with Gasteiger partial charge in [0, 0.05) is 43.6 Å². The molecule has 1 aliphatic rings. The smallest absolute Gasteiger partial charge is 0.220 e. The van der Waals surface area contributed by atoms with Gasteiger partial charge in [0.25, 0.3) is 0 Å². The molecule has 0 radical (unpaired) electrons. The van der Waals surface area contributed by atoms with Crippen LogP contribution in [0.15, 0.2) is 42.7 Å². The third-order valence-corrected chi connectivity index (χ3v) is 4.52. The van der Waals surface area contributed by atoms with E-state index in [-0.39, 0.29) is 17.0 Å². The lowest BCUT2D eigenvalue weighted by Gasteiger charge is -2.19. The standard InChI is InChI=1S/C18H19ClFN3O/c19-16-3-2-15(11-17(16)20)23-10-7-14(12-23)22-18(24)4-1-13-5-8-21-9-6-13/h2-3,5-6,8-9,11,14H,1,4,7,10,12H2,(H,22,24). The van der Waals surface area contributed by atoms with Gasteiger partial charge in [-0.25, -0.2) is 4.39 Å². The number of pyridine rings is 1. The van der Waals surface area contributed by atoms with Gasteiger partial charge >= 0.3 is 0 Å². The fourth-order valence-corrected chi connectivity index (χ4v) is 3.02. The molecular weight excluding hydrogens is 329 g/mol. The highest BCUT2D eigenvalue weighted by molar-refractivity contribution is 6.30. The maximum absolute atomic E-state index is 13.6. The molecular formula is C18H19ClFN3O. The van der Waals surface area contributed by atoms with E-state index >= 15 is 0 Å². The summed E-state index contributed by atoms with van der Waals surface area (Å²) in [4.78, 5) is 18.1. The Balaban J connectivity index is 1.48. The summed E-state index contributed by atoms with van der Waals surface area (Å²) in [6, 6.07) is 8.73. The van der Waals surface area contributed by atoms with Gasteiger partial charge in [-0.15, -0.1) is 0 Å². The van der Waals surface area contributed by atoms with Gasteiger partial charge in [0.05, 0.1) is 5.02 Å². The van der Waals surface area contributed by atoms with Crippen LogP contribution in [0.1, 0.15) is 18.4 Å². The summed E-state index contributed by atoms with van der Waals surface area (Å²) in [5.74, 6) is -0.375. The van der Waals surface area contributed by atoms with Crippen molar-refractivity contribution in [3.8, 4) is 0 Å². The first kappa shape index (κ1) is 16.7. The predicted molar refractivity (Wildman–Crippen MR) is 92.7 cm³/mol. The van der Waals surface area contributed by atoms with E-state index in [1.54, 1.807) is 24.5 Å². The Morgan fingerprint density at radius 2 is 2.12 bits per heavy atom. The number of nitrogens with one attached hydrogen (secondary N) is 1. The zero-order valence-electron chi connectivity index (χ0n) is 13.2. The van der Waals surface area contributed by atoms with Crippen molar-refractivity contribution in [1.82, 2.24) is 10.3 Å². The normalized spacial score (nSPS) is 17.1. The van der Waals surface area contributed by atoms with Crippen LogP contribution >= 0.6 is 11.6 Å². The van der Waals surface area contributed by atoms with Crippen molar-refractivity contribution in [3.63, 3.8) is 0 Å². The minimum Gasteiger partial charge on any atom is -0.369 e. The summed E-state index contributed by atoms with van der Waals surface area (Å²) in [6.07, 6.45) is 5.47. The van der Waals surface area contributed by atoms with E-state index in [2.05, 4.69) is 15.2 Å². The second-order valence-corrected chi connectivity index (χ2v) is 6.36. The number of amides is 1. The summed E-state index contributed by atoms with van der Waals surface area (Å²) < 4.78 is 13.6. The highest BCUT2D eigenvalue weighted by Crippen LogP contribution is 2.25. The average molecular weight is 348 g/mol. The fourth-order valence-electron chi connectivity index (χ4n) is 2.90. The largest absolute Gasteiger partial charge is 0.369 e. The molecule has 126 valence electrons. The maximum atomic E-state index is 13.6. The number of aromatic nitrogens is 1. The van der Waals surface area contributed by atoms with Crippen LogP contribution in [0.4, 0.5) is 10.1 Å². The Bertz CT molecular complexity index is 711. The van der Waals surface area contributed by atoms with Gasteiger partial charge in [-0.05, 0) is 48.7 Å². The number of benzene rings is 1. The quantitative estimate of drug-likeness (QED) is 0.903. The lowest BCUT2D eigenvalue weighted by molar-refractivity contribution is -0.121. The first-order chi connectivity index (χ1) is 11.6. The lowest BCUT2D eigenvalue weighted by Crippen LogP contribution is -2.37. The van der Waals surface area contributed by atoms with Crippen molar-refractivity contribution in [2.24, 2.45) is 0 Å². The Morgan fingerprint density at radius 1 is 1.33 bits per heavy atom. The van der Waals surface area contributed by atoms with Crippen LogP contribution in [-0.4, -0.2) is 30.0 Å². The molecule has 2 aromatic rings. The molecule has 1 fully saturated rings. The van der Waals surface area contributed by atoms with Crippen molar-refractivity contribution >= 4 is 23.2 Å². The molecule has 1 atom stereocenters. The summed E-state index contributed by atoms with van der Waals surface area (Å²) in [7, 11) is 0. The van der Waals surface area contributed by atoms with E-state index in [1.807, 2.05) is 12.1 Å². The molecule has 3 rings (SSSR count). The molecule has 1 aromatic carbocycles. The second kappa shape index (κ2) is 7.62. The number of carbonyl (C=O) groups is 1. The Morgan fingerprint density at radius 3 is 2.88 bits per heavy atom. The van der Waals surface area contributed by atoms with Crippen LogP contribution in [0, 0.1) is 5.82 Å². The van der Waals surface area contributed by atoms with E-state index < -0.39 is 5.82 Å². The van der Waals surface area contributed by atoms with Crippen molar-refractivity contribution in [1.29, 1.82) is 0 Å². The molecule has 0 spiro atoms. The SMILES string of the molecule is O=C(CCc1ccncc1)NC1CCN(c2ccc(Cl)c(F)c2)C1. The number of halogens is 2. The molecule has 4 nitrogen and oxygen atoms in total. The molecule has 0 aliphatic carbocycles. The van der Waals surface area contributed by atoms with Crippen molar-refractivity contribution in [2.75, 3.05) is 18.0 Å². The van der Waals surface area contributed by atoms with Gasteiger partial charge in [0.2, 0.25) is 5.91 Å². The van der Waals surface area contributed by atoms with Gasteiger partial charge in [-0.1, -0.05) is 11.6 Å². The Hall–Kier alpha value is -2.14. The fraction of sp³-hybridized carbons (Fsp3) is 0.333. The van der Waals surface area contributed by atoms with E-state index in [9.17, 15) is 9.18 Å². The van der Waals surface area contributed by atoms with E-state index in [0.717, 1.165) is 24.2 Å². The maximum Gasteiger partial charge on any atom is 0.220 e. The van der Waals surface area contributed by atoms with Crippen LogP contribution in [-0.2, 0) is 11.2 Å². The number of hydrogen-bond acceptors (Lipinski definition) is 3. The number of carbonyl (C=O) groups excluding carboxylic acids is 1. The molecule has 0 bridgehead atoms. The van der Waals surface area contributed by atoms with Gasteiger partial charge in [-0.2, -0.15) is 0 Å². The molecule has 24 heavy (non-hydrogen) atoms. The molecule has 1 saturated heterocycles. The number of nitrogens with zero attached hydrogens (tertiary/aromatic N) is 2. The zero-order chi connectivity index (χ0) is 16.9. The van der Waals surface area contributed by atoms with Crippen LogP contribution in [0.25, 0.3) is 0 Å². The van der Waals surface area contributed by atoms with Crippen LogP contribution in [0.2, 0.25) is 5.02 Å². The molecule has 1 aliphatic heterocycles. The first-order valence-electron chi connectivity index (χ1n) is 8.00. The number of rotatable bonds is 5. The zero-order valence-corrected chi connectivity index (χ0v) is 14.0. The molecule has 1 aromatic heterocycles. The van der Waals surface area contributed by atoms with Gasteiger partial charge < -0.3 is 10.2 Å². The number of hydrogen-bond donors (Lipinski definition) is 1. The minimum atomic E-state index is -0.418. The second-order valence-electron chi connectivity index (χ2n) is 5.95. The van der Waals surface area contributed by atoms with Crippen LogP contribution < -0.4 is 10.2 Å². The molecule has 6 heteroatoms. The number of aryl methyl sites for hydroxylation is 1. The van der Waals surface area contributed by atoms with Crippen molar-refractivity contribution in [2.45, 2.75) is 25.3 Å². The molecule has 1 unspecified atom stereocenters. The predicted octanol–water partition coefficient (Wildman–Crippen LogP) is 3.20. The molecule has 1 amide bonds. The molecule has 0 saturated carbocycles. The summed E-state index contributed by atoms with van der Waals surface area (Å²) in [6.45, 7) is 1.47. The number of anilines is 1.